The molecule has 0 spiro atoms. The van der Waals surface area contributed by atoms with E-state index in [0.29, 0.717) is 18.2 Å². The summed E-state index contributed by atoms with van der Waals surface area (Å²) in [5, 5.41) is 1.30. The molecule has 5 heteroatoms. The molecule has 0 unspecified atom stereocenters. The minimum atomic E-state index is 0.0650. The Morgan fingerprint density at radius 2 is 1.72 bits per heavy atom. The van der Waals surface area contributed by atoms with Crippen LogP contribution in [0.4, 0.5) is 5.13 Å². The number of benzene rings is 3. The topological polar surface area (TPSA) is 33.2 Å². The normalized spacial score (nSPS) is 11.2. The minimum absolute atomic E-state index is 0.0650. The molecule has 0 N–H and O–H groups in total. The van der Waals surface area contributed by atoms with Crippen LogP contribution in [0.3, 0.4) is 0 Å². The van der Waals surface area contributed by atoms with Crippen molar-refractivity contribution in [2.75, 3.05) is 4.90 Å². The number of thiazole rings is 1. The molecule has 0 fully saturated rings. The van der Waals surface area contributed by atoms with E-state index in [1.165, 1.54) is 10.5 Å². The maximum absolute atomic E-state index is 13.5. The van der Waals surface area contributed by atoms with Crippen LogP contribution in [0.1, 0.15) is 37.5 Å². The van der Waals surface area contributed by atoms with Gasteiger partial charge in [-0.3, -0.25) is 9.69 Å². The zero-order valence-corrected chi connectivity index (χ0v) is 20.4. The van der Waals surface area contributed by atoms with Crippen LogP contribution in [0.2, 0.25) is 0 Å². The van der Waals surface area contributed by atoms with E-state index in [-0.39, 0.29) is 5.91 Å². The summed E-state index contributed by atoms with van der Waals surface area (Å²) in [6.07, 6.45) is 1.28. The van der Waals surface area contributed by atoms with Crippen LogP contribution in [-0.4, -0.2) is 16.1 Å². The molecule has 0 radical (unpaired) electrons. The lowest BCUT2D eigenvalue weighted by Gasteiger charge is -2.20. The number of aryl methyl sites for hydroxylation is 1. The maximum atomic E-state index is 13.5. The van der Waals surface area contributed by atoms with Gasteiger partial charge in [0.25, 0.3) is 0 Å². The first-order valence-electron chi connectivity index (χ1n) is 11.0. The Bertz CT molecular complexity index is 1180. The highest BCUT2D eigenvalue weighted by atomic mass is 32.2. The molecule has 3 aromatic carbocycles. The van der Waals surface area contributed by atoms with Gasteiger partial charge in [-0.05, 0) is 41.3 Å². The first kappa shape index (κ1) is 22.6. The maximum Gasteiger partial charge on any atom is 0.233 e. The van der Waals surface area contributed by atoms with Gasteiger partial charge in [0.05, 0.1) is 23.2 Å². The Balaban J connectivity index is 1.63. The zero-order chi connectivity index (χ0) is 22.5. The third-order valence-corrected chi connectivity index (χ3v) is 7.30. The van der Waals surface area contributed by atoms with Gasteiger partial charge < -0.3 is 0 Å². The number of amides is 1. The molecule has 4 rings (SSSR count). The molecule has 0 atom stereocenters. The molecule has 32 heavy (non-hydrogen) atoms. The van der Waals surface area contributed by atoms with Crippen molar-refractivity contribution >= 4 is 44.4 Å². The molecular weight excluding hydrogens is 432 g/mol. The smallest absolute Gasteiger partial charge is 0.233 e. The number of aromatic nitrogens is 1. The lowest BCUT2D eigenvalue weighted by atomic mass is 10.1. The molecule has 3 nitrogen and oxygen atoms in total. The van der Waals surface area contributed by atoms with E-state index in [0.717, 1.165) is 32.9 Å². The van der Waals surface area contributed by atoms with Crippen LogP contribution in [0.25, 0.3) is 10.2 Å². The number of anilines is 1. The fraction of sp³-hybridized carbons (Fsp3) is 0.259. The van der Waals surface area contributed by atoms with E-state index in [1.54, 1.807) is 11.3 Å². The van der Waals surface area contributed by atoms with Crippen molar-refractivity contribution in [3.8, 4) is 0 Å². The minimum Gasteiger partial charge on any atom is -0.283 e. The molecule has 1 aromatic heterocycles. The molecule has 164 valence electrons. The van der Waals surface area contributed by atoms with Crippen LogP contribution in [0.15, 0.2) is 77.7 Å². The lowest BCUT2D eigenvalue weighted by molar-refractivity contribution is -0.118. The van der Waals surface area contributed by atoms with Crippen molar-refractivity contribution < 1.29 is 4.79 Å². The number of para-hydroxylation sites is 1. The second-order valence-corrected chi connectivity index (χ2v) is 10.7. The lowest BCUT2D eigenvalue weighted by Crippen LogP contribution is -2.31. The predicted molar refractivity (Wildman–Crippen MR) is 138 cm³/mol. The summed E-state index contributed by atoms with van der Waals surface area (Å²) in [4.78, 5) is 21.5. The first-order chi connectivity index (χ1) is 15.5. The molecule has 0 aliphatic carbocycles. The van der Waals surface area contributed by atoms with Crippen LogP contribution in [0, 0.1) is 0 Å². The monoisotopic (exact) mass is 460 g/mol. The Morgan fingerprint density at radius 1 is 0.969 bits per heavy atom. The predicted octanol–water partition coefficient (Wildman–Crippen LogP) is 7.14. The summed E-state index contributed by atoms with van der Waals surface area (Å²) in [6.45, 7) is 7.03. The Kier molecular flexibility index (Phi) is 7.28. The number of hydrogen-bond acceptors (Lipinski definition) is 4. The second kappa shape index (κ2) is 10.3. The summed E-state index contributed by atoms with van der Waals surface area (Å²) in [5.41, 5.74) is 4.35. The van der Waals surface area contributed by atoms with Crippen molar-refractivity contribution in [3.05, 3.63) is 89.5 Å². The molecule has 0 saturated carbocycles. The van der Waals surface area contributed by atoms with Crippen molar-refractivity contribution in [3.63, 3.8) is 0 Å². The second-order valence-electron chi connectivity index (χ2n) is 8.07. The summed E-state index contributed by atoms with van der Waals surface area (Å²) < 4.78 is 1.13. The van der Waals surface area contributed by atoms with Gasteiger partial charge in [0.15, 0.2) is 5.13 Å². The number of rotatable bonds is 8. The van der Waals surface area contributed by atoms with Gasteiger partial charge in [0.2, 0.25) is 5.91 Å². The van der Waals surface area contributed by atoms with Gasteiger partial charge in [-0.25, -0.2) is 4.98 Å². The van der Waals surface area contributed by atoms with E-state index < -0.39 is 0 Å². The van der Waals surface area contributed by atoms with E-state index >= 15 is 0 Å². The fourth-order valence-electron chi connectivity index (χ4n) is 3.65. The molecule has 0 saturated heterocycles. The third kappa shape index (κ3) is 5.40. The Labute approximate surface area is 198 Å². The van der Waals surface area contributed by atoms with Gasteiger partial charge in [-0.1, -0.05) is 86.7 Å². The number of fused-ring (bicyclic) bond motifs is 1. The molecule has 0 aliphatic heterocycles. The summed E-state index contributed by atoms with van der Waals surface area (Å²) >= 11 is 3.43. The number of carbonyl (C=O) groups is 1. The quantitative estimate of drug-likeness (QED) is 0.262. The van der Waals surface area contributed by atoms with Gasteiger partial charge in [-0.15, -0.1) is 11.8 Å². The van der Waals surface area contributed by atoms with Gasteiger partial charge in [-0.2, -0.15) is 0 Å². The average molecular weight is 461 g/mol. The van der Waals surface area contributed by atoms with E-state index in [4.69, 9.17) is 4.98 Å². The van der Waals surface area contributed by atoms with Crippen molar-refractivity contribution in [1.29, 1.82) is 0 Å². The highest BCUT2D eigenvalue weighted by Crippen LogP contribution is 2.32. The SMILES string of the molecule is CCc1cccc2sc(N(Cc3ccccc3)C(=O)Cc3ccc(SC(C)C)cc3)nc12. The third-order valence-electron chi connectivity index (χ3n) is 5.24. The highest BCUT2D eigenvalue weighted by molar-refractivity contribution is 7.99. The van der Waals surface area contributed by atoms with Crippen molar-refractivity contribution in [2.45, 2.75) is 50.3 Å². The van der Waals surface area contributed by atoms with Crippen LogP contribution in [-0.2, 0) is 24.2 Å². The molecule has 1 heterocycles. The number of carbonyl (C=O) groups excluding carboxylic acids is 1. The van der Waals surface area contributed by atoms with Gasteiger partial charge >= 0.3 is 0 Å². The summed E-state index contributed by atoms with van der Waals surface area (Å²) in [7, 11) is 0. The fourth-order valence-corrected chi connectivity index (χ4v) is 5.52. The molecular formula is C27H28N2OS2. The van der Waals surface area contributed by atoms with Crippen LogP contribution < -0.4 is 4.90 Å². The van der Waals surface area contributed by atoms with Crippen LogP contribution >= 0.6 is 23.1 Å². The highest BCUT2D eigenvalue weighted by Gasteiger charge is 2.21. The zero-order valence-electron chi connectivity index (χ0n) is 18.7. The van der Waals surface area contributed by atoms with Gasteiger partial charge in [0.1, 0.15) is 0 Å². The van der Waals surface area contributed by atoms with Crippen molar-refractivity contribution in [1.82, 2.24) is 4.98 Å². The molecule has 4 aromatic rings. The number of thioether (sulfide) groups is 1. The Morgan fingerprint density at radius 3 is 2.41 bits per heavy atom. The number of nitrogens with zero attached hydrogens (tertiary/aromatic N) is 2. The first-order valence-corrected chi connectivity index (χ1v) is 12.7. The van der Waals surface area contributed by atoms with Crippen LogP contribution in [0.5, 0.6) is 0 Å². The Hall–Kier alpha value is -2.63. The largest absolute Gasteiger partial charge is 0.283 e. The van der Waals surface area contributed by atoms with E-state index in [2.05, 4.69) is 75.4 Å². The van der Waals surface area contributed by atoms with Crippen molar-refractivity contribution in [2.24, 2.45) is 0 Å². The molecule has 0 bridgehead atoms. The average Bonchev–Trinajstić information content (AvgIpc) is 3.23. The van der Waals surface area contributed by atoms with E-state index in [1.807, 2.05) is 34.9 Å². The standard InChI is InChI=1S/C27H28N2OS2/c1-4-22-11-8-12-24-26(22)28-27(32-24)29(18-21-9-6-5-7-10-21)25(30)17-20-13-15-23(16-14-20)31-19(2)3/h5-16,19H,4,17-18H2,1-3H3. The van der Waals surface area contributed by atoms with Gasteiger partial charge in [0, 0.05) is 10.1 Å². The summed E-state index contributed by atoms with van der Waals surface area (Å²) in [5.74, 6) is 0.0650. The summed E-state index contributed by atoms with van der Waals surface area (Å²) in [6, 6.07) is 24.8. The van der Waals surface area contributed by atoms with E-state index in [9.17, 15) is 4.79 Å². The molecule has 1 amide bonds. The number of hydrogen-bond donors (Lipinski definition) is 0. The molecule has 0 aliphatic rings.